The molecular weight excluding hydrogens is 640 g/mol. The van der Waals surface area contributed by atoms with Crippen molar-refractivity contribution in [2.45, 2.75) is 63.0 Å². The van der Waals surface area contributed by atoms with Gasteiger partial charge in [0.25, 0.3) is 0 Å². The summed E-state index contributed by atoms with van der Waals surface area (Å²) >= 11 is 0. The van der Waals surface area contributed by atoms with Crippen molar-refractivity contribution in [2.75, 3.05) is 12.3 Å². The van der Waals surface area contributed by atoms with Crippen LogP contribution in [0, 0.1) is 0 Å². The minimum absolute atomic E-state index is 0.0429. The SMILES string of the molecule is Nc1ncnc2c1ncn2[C@@H]1O[C@H](C(=O)O)C[C@]1(O)NC(=O)[C@H](CCCCNC(=O)OCc1ccccc1)NC(=O)OCc1ccccc1. The summed E-state index contributed by atoms with van der Waals surface area (Å²) in [5, 5.41) is 29.1. The van der Waals surface area contributed by atoms with Gasteiger partial charge in [-0.3, -0.25) is 9.36 Å². The summed E-state index contributed by atoms with van der Waals surface area (Å²) in [7, 11) is 0. The second-order valence-corrected chi connectivity index (χ2v) is 11.3. The molecule has 1 saturated heterocycles. The number of carbonyl (C=O) groups excluding carboxylic acids is 3. The van der Waals surface area contributed by atoms with Crippen molar-refractivity contribution in [2.24, 2.45) is 0 Å². The number of hydrogen-bond acceptors (Lipinski definition) is 12. The second-order valence-electron chi connectivity index (χ2n) is 11.3. The van der Waals surface area contributed by atoms with Gasteiger partial charge in [-0.1, -0.05) is 60.7 Å². The fourth-order valence-corrected chi connectivity index (χ4v) is 5.21. The van der Waals surface area contributed by atoms with Gasteiger partial charge in [-0.25, -0.2) is 29.3 Å². The first-order valence-corrected chi connectivity index (χ1v) is 15.4. The lowest BCUT2D eigenvalue weighted by atomic mass is 10.0. The molecule has 1 aliphatic rings. The number of nitrogens with zero attached hydrogens (tertiary/aromatic N) is 4. The number of nitrogen functional groups attached to an aromatic ring is 1. The van der Waals surface area contributed by atoms with Crippen molar-refractivity contribution in [3.63, 3.8) is 0 Å². The molecule has 3 heterocycles. The van der Waals surface area contributed by atoms with Gasteiger partial charge in [0.1, 0.15) is 31.1 Å². The molecule has 2 aromatic carbocycles. The number of fused-ring (bicyclic) bond motifs is 1. The van der Waals surface area contributed by atoms with Crippen molar-refractivity contribution in [3.05, 3.63) is 84.4 Å². The zero-order valence-corrected chi connectivity index (χ0v) is 26.2. The number of aromatic nitrogens is 4. The van der Waals surface area contributed by atoms with E-state index in [4.69, 9.17) is 19.9 Å². The Morgan fingerprint density at radius 3 is 2.27 bits per heavy atom. The molecule has 258 valence electrons. The molecule has 0 saturated carbocycles. The minimum Gasteiger partial charge on any atom is -0.479 e. The number of carboxylic acid groups (broad SMARTS) is 1. The number of benzene rings is 2. The monoisotopic (exact) mass is 676 g/mol. The summed E-state index contributed by atoms with van der Waals surface area (Å²) < 4.78 is 17.4. The van der Waals surface area contributed by atoms with Gasteiger partial charge in [0, 0.05) is 13.0 Å². The Labute approximate surface area is 279 Å². The van der Waals surface area contributed by atoms with Crippen LogP contribution in [0.3, 0.4) is 0 Å². The van der Waals surface area contributed by atoms with Gasteiger partial charge in [-0.15, -0.1) is 0 Å². The molecule has 17 nitrogen and oxygen atoms in total. The molecule has 0 aliphatic carbocycles. The van der Waals surface area contributed by atoms with Crippen LogP contribution in [0.25, 0.3) is 11.2 Å². The largest absolute Gasteiger partial charge is 0.479 e. The highest BCUT2D eigenvalue weighted by molar-refractivity contribution is 5.86. The Kier molecular flexibility index (Phi) is 11.2. The number of anilines is 1. The number of alkyl carbamates (subject to hydrolysis) is 2. The van der Waals surface area contributed by atoms with Gasteiger partial charge in [0.15, 0.2) is 29.5 Å². The average Bonchev–Trinajstić information content (AvgIpc) is 3.68. The van der Waals surface area contributed by atoms with Crippen LogP contribution in [0.2, 0.25) is 0 Å². The topological polar surface area (TPSA) is 242 Å². The number of unbranched alkanes of at least 4 members (excludes halogenated alkanes) is 1. The number of amides is 3. The summed E-state index contributed by atoms with van der Waals surface area (Å²) in [5.74, 6) is -2.17. The van der Waals surface area contributed by atoms with Crippen LogP contribution in [0.15, 0.2) is 73.3 Å². The maximum Gasteiger partial charge on any atom is 0.408 e. The molecule has 7 N–H and O–H groups in total. The number of imidazole rings is 1. The molecule has 1 fully saturated rings. The van der Waals surface area contributed by atoms with Crippen molar-refractivity contribution >= 4 is 41.0 Å². The summed E-state index contributed by atoms with van der Waals surface area (Å²) in [4.78, 5) is 62.7. The van der Waals surface area contributed by atoms with Crippen molar-refractivity contribution in [1.29, 1.82) is 0 Å². The van der Waals surface area contributed by atoms with E-state index in [1.165, 1.54) is 10.9 Å². The van der Waals surface area contributed by atoms with Gasteiger partial charge < -0.3 is 46.1 Å². The summed E-state index contributed by atoms with van der Waals surface area (Å²) in [6, 6.07) is 16.9. The minimum atomic E-state index is -2.29. The highest BCUT2D eigenvalue weighted by Gasteiger charge is 2.53. The van der Waals surface area contributed by atoms with Crippen LogP contribution in [-0.2, 0) is 37.0 Å². The zero-order chi connectivity index (χ0) is 34.8. The summed E-state index contributed by atoms with van der Waals surface area (Å²) in [6.07, 6.45) is -1.84. The molecule has 4 aromatic rings. The van der Waals surface area contributed by atoms with Gasteiger partial charge in [0.05, 0.1) is 6.33 Å². The van der Waals surface area contributed by atoms with Gasteiger partial charge in [-0.2, -0.15) is 0 Å². The molecule has 0 bridgehead atoms. The van der Waals surface area contributed by atoms with E-state index in [0.29, 0.717) is 12.8 Å². The van der Waals surface area contributed by atoms with Gasteiger partial charge in [0.2, 0.25) is 5.91 Å². The second kappa shape index (κ2) is 15.9. The standard InChI is InChI=1S/C32H36N8O9/c33-25-24-26(36-18-35-25)40(19-37-24)29-32(46,15-23(49-29)28(42)43)39-27(41)22(38-31(45)48-17-21-11-5-2-6-12-21)13-7-8-14-34-30(44)47-16-20-9-3-1-4-10-20/h1-6,9-12,18-19,22-23,29,46H,7-8,13-17H2,(H,34,44)(H,38,45)(H,39,41)(H,42,43)(H2,33,35,36)/t22-,23-,29+,32+/m0/s1. The fraction of sp³-hybridized carbons (Fsp3) is 0.344. The van der Waals surface area contributed by atoms with Crippen LogP contribution in [-0.4, -0.2) is 78.2 Å². The van der Waals surface area contributed by atoms with E-state index in [1.54, 1.807) is 24.3 Å². The third-order valence-corrected chi connectivity index (χ3v) is 7.68. The fourth-order valence-electron chi connectivity index (χ4n) is 5.21. The van der Waals surface area contributed by atoms with E-state index in [-0.39, 0.29) is 43.2 Å². The van der Waals surface area contributed by atoms with E-state index in [1.807, 2.05) is 36.4 Å². The summed E-state index contributed by atoms with van der Waals surface area (Å²) in [5.41, 5.74) is 5.47. The Morgan fingerprint density at radius 2 is 1.61 bits per heavy atom. The predicted molar refractivity (Wildman–Crippen MR) is 171 cm³/mol. The number of nitrogens with two attached hydrogens (primary N) is 1. The van der Waals surface area contributed by atoms with Gasteiger partial charge >= 0.3 is 18.2 Å². The third-order valence-electron chi connectivity index (χ3n) is 7.68. The van der Waals surface area contributed by atoms with Crippen molar-refractivity contribution in [1.82, 2.24) is 35.5 Å². The van der Waals surface area contributed by atoms with Crippen molar-refractivity contribution < 1.29 is 43.6 Å². The summed E-state index contributed by atoms with van der Waals surface area (Å²) in [6.45, 7) is 0.267. The lowest BCUT2D eigenvalue weighted by Crippen LogP contribution is -2.57. The molecule has 0 radical (unpaired) electrons. The smallest absolute Gasteiger partial charge is 0.408 e. The van der Waals surface area contributed by atoms with E-state index in [9.17, 15) is 29.4 Å². The van der Waals surface area contributed by atoms with E-state index < -0.39 is 54.6 Å². The number of nitrogens with one attached hydrogen (secondary N) is 3. The normalized spacial score (nSPS) is 19.1. The Bertz CT molecular complexity index is 1760. The third kappa shape index (κ3) is 8.96. The molecule has 3 amide bonds. The molecule has 2 aromatic heterocycles. The lowest BCUT2D eigenvalue weighted by molar-refractivity contribution is -0.155. The Morgan fingerprint density at radius 1 is 0.959 bits per heavy atom. The van der Waals surface area contributed by atoms with Crippen LogP contribution < -0.4 is 21.7 Å². The average molecular weight is 677 g/mol. The van der Waals surface area contributed by atoms with Crippen LogP contribution in [0.1, 0.15) is 43.0 Å². The number of hydrogen-bond donors (Lipinski definition) is 6. The van der Waals surface area contributed by atoms with Gasteiger partial charge in [-0.05, 0) is 30.4 Å². The number of aliphatic carboxylic acids is 1. The first-order chi connectivity index (χ1) is 23.6. The van der Waals surface area contributed by atoms with E-state index in [0.717, 1.165) is 17.5 Å². The van der Waals surface area contributed by atoms with Crippen LogP contribution >= 0.6 is 0 Å². The Hall–Kier alpha value is -5.81. The number of carbonyl (C=O) groups is 4. The highest BCUT2D eigenvalue weighted by atomic mass is 16.6. The van der Waals surface area contributed by atoms with Crippen LogP contribution in [0.5, 0.6) is 0 Å². The molecule has 1 aliphatic heterocycles. The quantitative estimate of drug-likeness (QED) is 0.0828. The molecule has 0 spiro atoms. The first-order valence-electron chi connectivity index (χ1n) is 15.4. The lowest BCUT2D eigenvalue weighted by Gasteiger charge is -2.31. The Balaban J connectivity index is 1.24. The van der Waals surface area contributed by atoms with E-state index in [2.05, 4.69) is 30.9 Å². The van der Waals surface area contributed by atoms with Crippen LogP contribution in [0.4, 0.5) is 15.4 Å². The molecule has 4 atom stereocenters. The van der Waals surface area contributed by atoms with E-state index >= 15 is 0 Å². The number of aliphatic hydroxyl groups is 1. The molecule has 17 heteroatoms. The predicted octanol–water partition coefficient (Wildman–Crippen LogP) is 1.98. The number of carboxylic acids is 1. The first kappa shape index (κ1) is 34.5. The maximum absolute atomic E-state index is 13.7. The highest BCUT2D eigenvalue weighted by Crippen LogP contribution is 2.38. The molecule has 5 rings (SSSR count). The van der Waals surface area contributed by atoms with Crippen molar-refractivity contribution in [3.8, 4) is 0 Å². The molecule has 0 unspecified atom stereocenters. The number of rotatable bonds is 14. The molecular formula is C32H36N8O9. The molecule has 49 heavy (non-hydrogen) atoms. The number of ether oxygens (including phenoxy) is 3. The maximum atomic E-state index is 13.7. The zero-order valence-electron chi connectivity index (χ0n) is 26.2.